The first-order valence-corrected chi connectivity index (χ1v) is 11.7. The van der Waals surface area contributed by atoms with E-state index in [1.165, 1.54) is 5.56 Å². The van der Waals surface area contributed by atoms with Gasteiger partial charge in [-0.15, -0.1) is 0 Å². The van der Waals surface area contributed by atoms with Crippen LogP contribution >= 0.6 is 0 Å². The summed E-state index contributed by atoms with van der Waals surface area (Å²) in [5.74, 6) is 1.40. The van der Waals surface area contributed by atoms with Crippen molar-refractivity contribution < 1.29 is 14.9 Å². The maximum atomic E-state index is 11.1. The number of rotatable bonds is 8. The highest BCUT2D eigenvalue weighted by atomic mass is 16.5. The van der Waals surface area contributed by atoms with Crippen molar-refractivity contribution in [2.24, 2.45) is 11.8 Å². The predicted octanol–water partition coefficient (Wildman–Crippen LogP) is 3.40. The number of benzene rings is 2. The minimum absolute atomic E-state index is 0.435. The van der Waals surface area contributed by atoms with Crippen molar-refractivity contribution in [2.75, 3.05) is 19.6 Å². The molecule has 33 heavy (non-hydrogen) atoms. The van der Waals surface area contributed by atoms with Crippen LogP contribution in [0, 0.1) is 11.8 Å². The molecule has 2 heterocycles. The third kappa shape index (κ3) is 5.41. The van der Waals surface area contributed by atoms with Crippen LogP contribution in [-0.2, 0) is 13.0 Å². The Labute approximate surface area is 194 Å². The number of β-amino-alcohol motifs (C(OH)–C–C–N with tert-alkyl or cyclic N) is 1. The zero-order valence-corrected chi connectivity index (χ0v) is 18.8. The van der Waals surface area contributed by atoms with Crippen LogP contribution in [0.2, 0.25) is 0 Å². The Bertz CT molecular complexity index is 1020. The van der Waals surface area contributed by atoms with Crippen molar-refractivity contribution in [1.82, 2.24) is 14.9 Å². The van der Waals surface area contributed by atoms with Crippen LogP contribution in [0.25, 0.3) is 0 Å². The van der Waals surface area contributed by atoms with Crippen molar-refractivity contribution in [3.8, 4) is 5.88 Å². The van der Waals surface area contributed by atoms with Gasteiger partial charge in [0.05, 0.1) is 23.7 Å². The quantitative estimate of drug-likeness (QED) is 0.553. The molecule has 1 aliphatic carbocycles. The molecular formula is C27H31N3O3. The van der Waals surface area contributed by atoms with Gasteiger partial charge in [0.25, 0.3) is 0 Å². The van der Waals surface area contributed by atoms with E-state index in [1.54, 1.807) is 12.4 Å². The zero-order chi connectivity index (χ0) is 22.7. The molecule has 0 amide bonds. The molecule has 172 valence electrons. The zero-order valence-electron chi connectivity index (χ0n) is 18.8. The Kier molecular flexibility index (Phi) is 6.40. The van der Waals surface area contributed by atoms with Gasteiger partial charge in [-0.3, -0.25) is 9.88 Å². The summed E-state index contributed by atoms with van der Waals surface area (Å²) < 4.78 is 5.68. The van der Waals surface area contributed by atoms with E-state index in [-0.39, 0.29) is 0 Å². The summed E-state index contributed by atoms with van der Waals surface area (Å²) in [5.41, 5.74) is 2.21. The minimum Gasteiger partial charge on any atom is -0.472 e. The number of likely N-dealkylation sites (tertiary alicyclic amines) is 1. The molecule has 1 saturated carbocycles. The fraction of sp³-hybridized carbons (Fsp3) is 0.407. The first-order chi connectivity index (χ1) is 16.1. The van der Waals surface area contributed by atoms with Crippen LogP contribution in [0.1, 0.15) is 35.8 Å². The molecule has 6 heteroatoms. The van der Waals surface area contributed by atoms with E-state index in [4.69, 9.17) is 4.74 Å². The summed E-state index contributed by atoms with van der Waals surface area (Å²) in [6, 6.07) is 20.2. The second kappa shape index (κ2) is 9.59. The Morgan fingerprint density at radius 3 is 2.15 bits per heavy atom. The fourth-order valence-corrected chi connectivity index (χ4v) is 5.47. The lowest BCUT2D eigenvalue weighted by molar-refractivity contribution is 0.0327. The Balaban J connectivity index is 1.10. The van der Waals surface area contributed by atoms with Crippen molar-refractivity contribution in [3.05, 3.63) is 89.9 Å². The third-order valence-electron chi connectivity index (χ3n) is 6.96. The molecule has 0 radical (unpaired) electrons. The molecule has 1 saturated heterocycles. The van der Waals surface area contributed by atoms with Crippen molar-refractivity contribution in [2.45, 2.75) is 37.6 Å². The summed E-state index contributed by atoms with van der Waals surface area (Å²) >= 11 is 0. The van der Waals surface area contributed by atoms with Gasteiger partial charge < -0.3 is 14.9 Å². The predicted molar refractivity (Wildman–Crippen MR) is 126 cm³/mol. The summed E-state index contributed by atoms with van der Waals surface area (Å²) in [7, 11) is 0. The molecule has 1 aliphatic heterocycles. The van der Waals surface area contributed by atoms with E-state index in [0.717, 1.165) is 37.9 Å². The van der Waals surface area contributed by atoms with E-state index >= 15 is 0 Å². The van der Waals surface area contributed by atoms with E-state index in [1.807, 2.05) is 48.5 Å². The lowest BCUT2D eigenvalue weighted by Crippen LogP contribution is -2.33. The summed E-state index contributed by atoms with van der Waals surface area (Å²) in [5, 5.41) is 21.8. The molecule has 2 aliphatic rings. The molecule has 3 unspecified atom stereocenters. The Hall–Kier alpha value is -2.80. The van der Waals surface area contributed by atoms with Crippen LogP contribution in [0.5, 0.6) is 5.88 Å². The van der Waals surface area contributed by atoms with Crippen molar-refractivity contribution in [3.63, 3.8) is 0 Å². The molecule has 3 atom stereocenters. The molecule has 1 aromatic heterocycles. The van der Waals surface area contributed by atoms with Crippen LogP contribution < -0.4 is 4.74 Å². The van der Waals surface area contributed by atoms with E-state index in [0.29, 0.717) is 36.6 Å². The number of ether oxygens (including phenoxy) is 1. The summed E-state index contributed by atoms with van der Waals surface area (Å²) in [6.45, 7) is 2.78. The SMILES string of the molecule is OC(CN1CC2CC(O)(Cc3ccccc3)CC2C1)c1cnc(OCc2ccccc2)cn1. The Morgan fingerprint density at radius 1 is 0.909 bits per heavy atom. The van der Waals surface area contributed by atoms with E-state index in [2.05, 4.69) is 27.0 Å². The smallest absolute Gasteiger partial charge is 0.232 e. The highest BCUT2D eigenvalue weighted by Crippen LogP contribution is 2.45. The highest BCUT2D eigenvalue weighted by Gasteiger charge is 2.48. The number of nitrogens with zero attached hydrogens (tertiary/aromatic N) is 3. The highest BCUT2D eigenvalue weighted by molar-refractivity contribution is 5.19. The minimum atomic E-state index is -0.692. The molecule has 0 bridgehead atoms. The topological polar surface area (TPSA) is 78.7 Å². The first-order valence-electron chi connectivity index (χ1n) is 11.7. The van der Waals surface area contributed by atoms with Gasteiger partial charge >= 0.3 is 0 Å². The lowest BCUT2D eigenvalue weighted by Gasteiger charge is -2.26. The summed E-state index contributed by atoms with van der Waals surface area (Å²) in [6.07, 6.45) is 4.85. The number of hydrogen-bond acceptors (Lipinski definition) is 6. The molecule has 2 aromatic carbocycles. The van der Waals surface area contributed by atoms with Gasteiger partial charge in [0.2, 0.25) is 5.88 Å². The van der Waals surface area contributed by atoms with Gasteiger partial charge in [-0.1, -0.05) is 60.7 Å². The largest absolute Gasteiger partial charge is 0.472 e. The lowest BCUT2D eigenvalue weighted by atomic mass is 9.91. The molecule has 0 spiro atoms. The maximum absolute atomic E-state index is 11.1. The average molecular weight is 446 g/mol. The van der Waals surface area contributed by atoms with Gasteiger partial charge in [-0.25, -0.2) is 4.98 Å². The molecule has 3 aromatic rings. The van der Waals surface area contributed by atoms with Crippen LogP contribution in [-0.4, -0.2) is 50.3 Å². The van der Waals surface area contributed by atoms with Gasteiger partial charge in [-0.2, -0.15) is 0 Å². The standard InChI is InChI=1S/C27H31N3O3/c31-25(24-14-29-26(15-28-24)33-19-21-9-5-2-6-10-21)18-30-16-22-12-27(32,13-23(22)17-30)11-20-7-3-1-4-8-20/h1-10,14-15,22-23,25,31-32H,11-13,16-19H2. The number of aliphatic hydroxyl groups is 2. The third-order valence-corrected chi connectivity index (χ3v) is 6.96. The van der Waals surface area contributed by atoms with E-state index in [9.17, 15) is 10.2 Å². The second-order valence-electron chi connectivity index (χ2n) is 9.60. The number of fused-ring (bicyclic) bond motifs is 1. The first kappa shape index (κ1) is 22.0. The maximum Gasteiger partial charge on any atom is 0.232 e. The van der Waals surface area contributed by atoms with E-state index < -0.39 is 11.7 Å². The average Bonchev–Trinajstić information content (AvgIpc) is 3.33. The second-order valence-corrected chi connectivity index (χ2v) is 9.60. The molecule has 5 rings (SSSR count). The Morgan fingerprint density at radius 2 is 1.55 bits per heavy atom. The molecular weight excluding hydrogens is 414 g/mol. The van der Waals surface area contributed by atoms with Gasteiger partial charge in [0.1, 0.15) is 12.7 Å². The van der Waals surface area contributed by atoms with Crippen LogP contribution in [0.3, 0.4) is 0 Å². The van der Waals surface area contributed by atoms with Gasteiger partial charge in [0, 0.05) is 26.1 Å². The number of hydrogen-bond donors (Lipinski definition) is 2. The number of aromatic nitrogens is 2. The van der Waals surface area contributed by atoms with Gasteiger partial charge in [0.15, 0.2) is 0 Å². The van der Waals surface area contributed by atoms with Gasteiger partial charge in [-0.05, 0) is 35.8 Å². The molecule has 6 nitrogen and oxygen atoms in total. The number of aliphatic hydroxyl groups excluding tert-OH is 1. The van der Waals surface area contributed by atoms with Crippen LogP contribution in [0.15, 0.2) is 73.1 Å². The fourth-order valence-electron chi connectivity index (χ4n) is 5.47. The monoisotopic (exact) mass is 445 g/mol. The molecule has 2 fully saturated rings. The summed E-state index contributed by atoms with van der Waals surface area (Å²) in [4.78, 5) is 11.0. The van der Waals surface area contributed by atoms with Crippen LogP contribution in [0.4, 0.5) is 0 Å². The van der Waals surface area contributed by atoms with Crippen molar-refractivity contribution >= 4 is 0 Å². The molecule has 2 N–H and O–H groups in total. The van der Waals surface area contributed by atoms with Crippen molar-refractivity contribution in [1.29, 1.82) is 0 Å². The normalized spacial score (nSPS) is 25.6.